The smallest absolute Gasteiger partial charge is 0.302 e. The van der Waals surface area contributed by atoms with E-state index >= 15 is 0 Å². The van der Waals surface area contributed by atoms with Crippen molar-refractivity contribution in [3.63, 3.8) is 0 Å². The average molecular weight is 284 g/mol. The van der Waals surface area contributed by atoms with Crippen LogP contribution in [0.25, 0.3) is 11.1 Å². The van der Waals surface area contributed by atoms with Crippen molar-refractivity contribution < 1.29 is 14.6 Å². The molecular formula is C18H20O3. The number of benzene rings is 2. The van der Waals surface area contributed by atoms with Crippen LogP contribution in [0.2, 0.25) is 0 Å². The lowest BCUT2D eigenvalue weighted by molar-refractivity contribution is -0.142. The zero-order valence-electron chi connectivity index (χ0n) is 12.4. The van der Waals surface area contributed by atoms with Crippen molar-refractivity contribution in [3.05, 3.63) is 60.2 Å². The van der Waals surface area contributed by atoms with Gasteiger partial charge in [-0.1, -0.05) is 54.6 Å². The van der Waals surface area contributed by atoms with Crippen LogP contribution in [0.5, 0.6) is 0 Å². The predicted molar refractivity (Wildman–Crippen MR) is 82.7 cm³/mol. The molecule has 3 heteroatoms. The molecule has 1 N–H and O–H groups in total. The highest BCUT2D eigenvalue weighted by Crippen LogP contribution is 2.33. The van der Waals surface area contributed by atoms with Gasteiger partial charge in [-0.15, -0.1) is 0 Å². The van der Waals surface area contributed by atoms with Crippen molar-refractivity contribution in [3.8, 4) is 11.1 Å². The van der Waals surface area contributed by atoms with Crippen LogP contribution in [0, 0.1) is 0 Å². The van der Waals surface area contributed by atoms with E-state index in [9.17, 15) is 9.90 Å². The van der Waals surface area contributed by atoms with Crippen molar-refractivity contribution >= 4 is 5.97 Å². The fourth-order valence-corrected chi connectivity index (χ4v) is 2.35. The van der Waals surface area contributed by atoms with Crippen LogP contribution in [0.3, 0.4) is 0 Å². The first kappa shape index (κ1) is 15.3. The van der Waals surface area contributed by atoms with Gasteiger partial charge in [0.25, 0.3) is 0 Å². The molecule has 2 rings (SSSR count). The highest BCUT2D eigenvalue weighted by molar-refractivity contribution is 5.68. The van der Waals surface area contributed by atoms with Crippen molar-refractivity contribution in [2.75, 3.05) is 6.61 Å². The van der Waals surface area contributed by atoms with Gasteiger partial charge in [0.15, 0.2) is 0 Å². The van der Waals surface area contributed by atoms with Crippen LogP contribution in [0.1, 0.15) is 25.8 Å². The summed E-state index contributed by atoms with van der Waals surface area (Å²) in [7, 11) is 0. The first-order chi connectivity index (χ1) is 10.0. The molecule has 0 fully saturated rings. The van der Waals surface area contributed by atoms with E-state index in [-0.39, 0.29) is 12.6 Å². The summed E-state index contributed by atoms with van der Waals surface area (Å²) in [6.45, 7) is 3.32. The van der Waals surface area contributed by atoms with Gasteiger partial charge in [-0.3, -0.25) is 4.79 Å². The monoisotopic (exact) mass is 284 g/mol. The van der Waals surface area contributed by atoms with Gasteiger partial charge in [0, 0.05) is 13.3 Å². The largest absolute Gasteiger partial charge is 0.466 e. The number of carbonyl (C=O) groups is 1. The molecule has 0 aliphatic carbocycles. The number of rotatable bonds is 5. The summed E-state index contributed by atoms with van der Waals surface area (Å²) in [6.07, 6.45) is 0.358. The lowest BCUT2D eigenvalue weighted by Crippen LogP contribution is -2.24. The zero-order valence-corrected chi connectivity index (χ0v) is 12.4. The molecule has 0 aromatic heterocycles. The summed E-state index contributed by atoms with van der Waals surface area (Å²) in [4.78, 5) is 10.9. The zero-order chi connectivity index (χ0) is 15.3. The van der Waals surface area contributed by atoms with Gasteiger partial charge in [0.1, 0.15) is 0 Å². The molecule has 0 saturated carbocycles. The third-order valence-electron chi connectivity index (χ3n) is 3.49. The van der Waals surface area contributed by atoms with Gasteiger partial charge >= 0.3 is 5.97 Å². The Bertz CT molecular complexity index is 603. The molecule has 0 amide bonds. The standard InChI is InChI=1S/C18H20O3/c1-14(19)21-13-12-18(2,20)17-11-7-6-10-16(17)15-8-4-3-5-9-15/h3-11,20H,12-13H2,1-2H3. The summed E-state index contributed by atoms with van der Waals surface area (Å²) in [6, 6.07) is 17.7. The first-order valence-corrected chi connectivity index (χ1v) is 7.01. The molecule has 0 heterocycles. The van der Waals surface area contributed by atoms with Crippen LogP contribution in [-0.2, 0) is 15.1 Å². The highest BCUT2D eigenvalue weighted by Gasteiger charge is 2.26. The molecular weight excluding hydrogens is 264 g/mol. The second-order valence-electron chi connectivity index (χ2n) is 5.28. The van der Waals surface area contributed by atoms with Crippen LogP contribution in [-0.4, -0.2) is 17.7 Å². The quantitative estimate of drug-likeness (QED) is 0.855. The highest BCUT2D eigenvalue weighted by atomic mass is 16.5. The Labute approximate surface area is 125 Å². The van der Waals surface area contributed by atoms with E-state index in [1.807, 2.05) is 54.6 Å². The molecule has 1 unspecified atom stereocenters. The topological polar surface area (TPSA) is 46.5 Å². The molecule has 0 aliphatic heterocycles. The van der Waals surface area contributed by atoms with E-state index in [1.54, 1.807) is 6.92 Å². The first-order valence-electron chi connectivity index (χ1n) is 7.01. The van der Waals surface area contributed by atoms with Crippen molar-refractivity contribution in [2.45, 2.75) is 25.9 Å². The van der Waals surface area contributed by atoms with E-state index in [1.165, 1.54) is 6.92 Å². The molecule has 2 aromatic rings. The van der Waals surface area contributed by atoms with E-state index in [0.29, 0.717) is 6.42 Å². The molecule has 0 saturated heterocycles. The number of carbonyl (C=O) groups excluding carboxylic acids is 1. The lowest BCUT2D eigenvalue weighted by atomic mass is 9.86. The maximum Gasteiger partial charge on any atom is 0.302 e. The molecule has 110 valence electrons. The van der Waals surface area contributed by atoms with E-state index in [2.05, 4.69) is 0 Å². The third-order valence-corrected chi connectivity index (χ3v) is 3.49. The summed E-state index contributed by atoms with van der Waals surface area (Å²) in [5, 5.41) is 10.7. The van der Waals surface area contributed by atoms with Gasteiger partial charge in [-0.05, 0) is 23.6 Å². The lowest BCUT2D eigenvalue weighted by Gasteiger charge is -2.26. The maximum atomic E-state index is 10.9. The third kappa shape index (κ3) is 3.92. The predicted octanol–water partition coefficient (Wildman–Crippen LogP) is 3.51. The number of ether oxygens (including phenoxy) is 1. The minimum Gasteiger partial charge on any atom is -0.466 e. The number of hydrogen-bond acceptors (Lipinski definition) is 3. The van der Waals surface area contributed by atoms with Crippen LogP contribution in [0.4, 0.5) is 0 Å². The fraction of sp³-hybridized carbons (Fsp3) is 0.278. The Kier molecular flexibility index (Phi) is 4.76. The van der Waals surface area contributed by atoms with Crippen molar-refractivity contribution in [1.82, 2.24) is 0 Å². The SMILES string of the molecule is CC(=O)OCCC(C)(O)c1ccccc1-c1ccccc1. The second-order valence-corrected chi connectivity index (χ2v) is 5.28. The Morgan fingerprint density at radius 1 is 1.10 bits per heavy atom. The summed E-state index contributed by atoms with van der Waals surface area (Å²) in [5.41, 5.74) is 1.83. The minimum atomic E-state index is -1.05. The van der Waals surface area contributed by atoms with Gasteiger partial charge in [0.2, 0.25) is 0 Å². The van der Waals surface area contributed by atoms with E-state index in [0.717, 1.165) is 16.7 Å². The van der Waals surface area contributed by atoms with Gasteiger partial charge in [-0.2, -0.15) is 0 Å². The van der Waals surface area contributed by atoms with Crippen molar-refractivity contribution in [1.29, 1.82) is 0 Å². The molecule has 3 nitrogen and oxygen atoms in total. The van der Waals surface area contributed by atoms with Gasteiger partial charge in [0.05, 0.1) is 12.2 Å². The number of hydrogen-bond donors (Lipinski definition) is 1. The summed E-state index contributed by atoms with van der Waals surface area (Å²) < 4.78 is 4.95. The van der Waals surface area contributed by atoms with Crippen molar-refractivity contribution in [2.24, 2.45) is 0 Å². The van der Waals surface area contributed by atoms with Gasteiger partial charge < -0.3 is 9.84 Å². The maximum absolute atomic E-state index is 10.9. The molecule has 1 atom stereocenters. The fourth-order valence-electron chi connectivity index (χ4n) is 2.35. The van der Waals surface area contributed by atoms with E-state index in [4.69, 9.17) is 4.74 Å². The molecule has 0 radical (unpaired) electrons. The van der Waals surface area contributed by atoms with E-state index < -0.39 is 5.60 Å². The molecule has 0 bridgehead atoms. The normalized spacial score (nSPS) is 13.5. The Morgan fingerprint density at radius 2 is 1.71 bits per heavy atom. The average Bonchev–Trinajstić information content (AvgIpc) is 2.47. The Morgan fingerprint density at radius 3 is 2.38 bits per heavy atom. The molecule has 0 aliphatic rings. The molecule has 21 heavy (non-hydrogen) atoms. The minimum absolute atomic E-state index is 0.200. The number of aliphatic hydroxyl groups is 1. The van der Waals surface area contributed by atoms with Crippen LogP contribution >= 0.6 is 0 Å². The summed E-state index contributed by atoms with van der Waals surface area (Å²) >= 11 is 0. The Hall–Kier alpha value is -2.13. The van der Waals surface area contributed by atoms with Crippen LogP contribution < -0.4 is 0 Å². The molecule has 2 aromatic carbocycles. The Balaban J connectivity index is 2.29. The number of esters is 1. The van der Waals surface area contributed by atoms with Gasteiger partial charge in [-0.25, -0.2) is 0 Å². The second kappa shape index (κ2) is 6.55. The van der Waals surface area contributed by atoms with Crippen LogP contribution in [0.15, 0.2) is 54.6 Å². The molecule has 0 spiro atoms. The summed E-state index contributed by atoms with van der Waals surface area (Å²) in [5.74, 6) is -0.331.